The highest BCUT2D eigenvalue weighted by molar-refractivity contribution is 5.48. The predicted octanol–water partition coefficient (Wildman–Crippen LogP) is 4.85. The highest BCUT2D eigenvalue weighted by Gasteiger charge is 2.20. The van der Waals surface area contributed by atoms with Gasteiger partial charge in [-0.2, -0.15) is 0 Å². The molecule has 3 rings (SSSR count). The first-order valence-electron chi connectivity index (χ1n) is 9.29. The summed E-state index contributed by atoms with van der Waals surface area (Å²) in [4.78, 5) is 10.6. The average molecular weight is 371 g/mol. The van der Waals surface area contributed by atoms with Gasteiger partial charge in [0.2, 0.25) is 0 Å². The number of nitro benzene ring substituents is 1. The molecule has 6 nitrogen and oxygen atoms in total. The zero-order valence-electron chi connectivity index (χ0n) is 15.8. The third-order valence-corrected chi connectivity index (χ3v) is 4.93. The number of nitrogens with zero attached hydrogens (tertiary/aromatic N) is 1. The van der Waals surface area contributed by atoms with Gasteiger partial charge in [0.1, 0.15) is 17.2 Å². The fourth-order valence-electron chi connectivity index (χ4n) is 3.35. The lowest BCUT2D eigenvalue weighted by molar-refractivity contribution is -0.385. The van der Waals surface area contributed by atoms with E-state index in [1.807, 2.05) is 12.1 Å². The van der Waals surface area contributed by atoms with Crippen LogP contribution in [0.25, 0.3) is 0 Å². The maximum absolute atomic E-state index is 11.0. The zero-order valence-corrected chi connectivity index (χ0v) is 15.8. The monoisotopic (exact) mass is 371 g/mol. The minimum Gasteiger partial charge on any atom is -0.497 e. The normalized spacial score (nSPS) is 15.6. The molecule has 0 radical (unpaired) electrons. The lowest BCUT2D eigenvalue weighted by Gasteiger charge is -2.26. The SMILES string of the molecule is COc1ccc2c(c1)OC(CCCCOc1cccc([N+](=O)[O-])c1C)CC2. The smallest absolute Gasteiger partial charge is 0.276 e. The van der Waals surface area contributed by atoms with E-state index in [9.17, 15) is 10.1 Å². The van der Waals surface area contributed by atoms with E-state index in [0.29, 0.717) is 17.9 Å². The van der Waals surface area contributed by atoms with Gasteiger partial charge in [-0.3, -0.25) is 10.1 Å². The largest absolute Gasteiger partial charge is 0.497 e. The molecule has 0 saturated heterocycles. The number of nitro groups is 1. The van der Waals surface area contributed by atoms with Crippen LogP contribution in [0.4, 0.5) is 5.69 Å². The first-order chi connectivity index (χ1) is 13.1. The Morgan fingerprint density at radius 1 is 1.26 bits per heavy atom. The number of unbranched alkanes of at least 4 members (excludes halogenated alkanes) is 1. The Morgan fingerprint density at radius 3 is 2.89 bits per heavy atom. The van der Waals surface area contributed by atoms with E-state index in [-0.39, 0.29) is 16.7 Å². The molecule has 2 aromatic rings. The van der Waals surface area contributed by atoms with Crippen molar-refractivity contribution >= 4 is 5.69 Å². The highest BCUT2D eigenvalue weighted by atomic mass is 16.6. The van der Waals surface area contributed by atoms with Crippen LogP contribution in [0.5, 0.6) is 17.2 Å². The number of hydrogen-bond acceptors (Lipinski definition) is 5. The molecule has 144 valence electrons. The number of benzene rings is 2. The number of aryl methyl sites for hydroxylation is 1. The van der Waals surface area contributed by atoms with Crippen LogP contribution >= 0.6 is 0 Å². The van der Waals surface area contributed by atoms with Crippen molar-refractivity contribution in [2.45, 2.75) is 45.1 Å². The Hall–Kier alpha value is -2.76. The second-order valence-electron chi connectivity index (χ2n) is 6.75. The van der Waals surface area contributed by atoms with E-state index in [4.69, 9.17) is 14.2 Å². The molecule has 0 N–H and O–H groups in total. The number of ether oxygens (including phenoxy) is 3. The molecular weight excluding hydrogens is 346 g/mol. The van der Waals surface area contributed by atoms with Crippen LogP contribution in [0, 0.1) is 17.0 Å². The summed E-state index contributed by atoms with van der Waals surface area (Å²) in [5.74, 6) is 2.32. The van der Waals surface area contributed by atoms with Crippen molar-refractivity contribution in [2.75, 3.05) is 13.7 Å². The second kappa shape index (κ2) is 8.75. The van der Waals surface area contributed by atoms with Crippen LogP contribution in [0.15, 0.2) is 36.4 Å². The maximum Gasteiger partial charge on any atom is 0.276 e. The van der Waals surface area contributed by atoms with E-state index in [0.717, 1.165) is 43.6 Å². The molecule has 1 heterocycles. The predicted molar refractivity (Wildman–Crippen MR) is 103 cm³/mol. The number of fused-ring (bicyclic) bond motifs is 1. The molecule has 0 saturated carbocycles. The van der Waals surface area contributed by atoms with Gasteiger partial charge in [-0.25, -0.2) is 0 Å². The molecule has 0 bridgehead atoms. The van der Waals surface area contributed by atoms with Gasteiger partial charge < -0.3 is 14.2 Å². The molecule has 27 heavy (non-hydrogen) atoms. The Morgan fingerprint density at radius 2 is 2.11 bits per heavy atom. The van der Waals surface area contributed by atoms with E-state index >= 15 is 0 Å². The highest BCUT2D eigenvalue weighted by Crippen LogP contribution is 2.32. The summed E-state index contributed by atoms with van der Waals surface area (Å²) < 4.78 is 17.1. The van der Waals surface area contributed by atoms with Gasteiger partial charge in [-0.1, -0.05) is 12.1 Å². The molecule has 0 aromatic heterocycles. The van der Waals surface area contributed by atoms with Gasteiger partial charge in [0.05, 0.1) is 30.3 Å². The Bertz CT molecular complexity index is 805. The van der Waals surface area contributed by atoms with Crippen LogP contribution < -0.4 is 14.2 Å². The van der Waals surface area contributed by atoms with E-state index in [1.54, 1.807) is 26.2 Å². The van der Waals surface area contributed by atoms with Crippen LogP contribution in [-0.2, 0) is 6.42 Å². The summed E-state index contributed by atoms with van der Waals surface area (Å²) in [7, 11) is 1.66. The van der Waals surface area contributed by atoms with Crippen LogP contribution in [-0.4, -0.2) is 24.7 Å². The van der Waals surface area contributed by atoms with Crippen molar-refractivity contribution in [3.8, 4) is 17.2 Å². The lowest BCUT2D eigenvalue weighted by atomic mass is 9.99. The topological polar surface area (TPSA) is 70.8 Å². The molecule has 1 unspecified atom stereocenters. The minimum atomic E-state index is -0.380. The van der Waals surface area contributed by atoms with Gasteiger partial charge in [0.15, 0.2) is 0 Å². The van der Waals surface area contributed by atoms with Crippen LogP contribution in [0.3, 0.4) is 0 Å². The first-order valence-corrected chi connectivity index (χ1v) is 9.29. The van der Waals surface area contributed by atoms with Crippen molar-refractivity contribution in [3.05, 3.63) is 57.6 Å². The van der Waals surface area contributed by atoms with Gasteiger partial charge in [0, 0.05) is 12.1 Å². The molecule has 6 heteroatoms. The van der Waals surface area contributed by atoms with Crippen molar-refractivity contribution in [2.24, 2.45) is 0 Å². The van der Waals surface area contributed by atoms with Gasteiger partial charge in [-0.05, 0) is 56.7 Å². The van der Waals surface area contributed by atoms with Crippen molar-refractivity contribution in [3.63, 3.8) is 0 Å². The second-order valence-corrected chi connectivity index (χ2v) is 6.75. The van der Waals surface area contributed by atoms with Crippen molar-refractivity contribution in [1.82, 2.24) is 0 Å². The van der Waals surface area contributed by atoms with Crippen molar-refractivity contribution < 1.29 is 19.1 Å². The minimum absolute atomic E-state index is 0.0946. The third-order valence-electron chi connectivity index (χ3n) is 4.93. The van der Waals surface area contributed by atoms with E-state index < -0.39 is 0 Å². The molecule has 0 amide bonds. The molecule has 1 atom stereocenters. The van der Waals surface area contributed by atoms with E-state index in [1.165, 1.54) is 11.6 Å². The summed E-state index contributed by atoms with van der Waals surface area (Å²) in [6, 6.07) is 10.9. The average Bonchev–Trinajstić information content (AvgIpc) is 2.68. The number of methoxy groups -OCH3 is 1. The molecule has 0 aliphatic carbocycles. The summed E-state index contributed by atoms with van der Waals surface area (Å²) in [5.41, 5.74) is 1.90. The van der Waals surface area contributed by atoms with E-state index in [2.05, 4.69) is 6.07 Å². The first kappa shape index (κ1) is 19.0. The summed E-state index contributed by atoms with van der Waals surface area (Å²) in [6.45, 7) is 2.26. The quantitative estimate of drug-likeness (QED) is 0.377. The lowest BCUT2D eigenvalue weighted by Crippen LogP contribution is -2.22. The molecule has 0 spiro atoms. The summed E-state index contributed by atoms with van der Waals surface area (Å²) in [5, 5.41) is 11.0. The third kappa shape index (κ3) is 4.70. The maximum atomic E-state index is 11.0. The van der Waals surface area contributed by atoms with Crippen LogP contribution in [0.1, 0.15) is 36.8 Å². The zero-order chi connectivity index (χ0) is 19.2. The summed E-state index contributed by atoms with van der Waals surface area (Å²) >= 11 is 0. The fraction of sp³-hybridized carbons (Fsp3) is 0.429. The number of rotatable bonds is 8. The van der Waals surface area contributed by atoms with Gasteiger partial charge >= 0.3 is 0 Å². The van der Waals surface area contributed by atoms with Crippen LogP contribution in [0.2, 0.25) is 0 Å². The molecule has 1 aliphatic heterocycles. The Balaban J connectivity index is 1.43. The molecule has 0 fully saturated rings. The van der Waals surface area contributed by atoms with Crippen molar-refractivity contribution in [1.29, 1.82) is 0 Å². The summed E-state index contributed by atoms with van der Waals surface area (Å²) in [6.07, 6.45) is 5.08. The number of hydrogen-bond donors (Lipinski definition) is 0. The standard InChI is InChI=1S/C21H25NO5/c1-15-19(22(23)24)7-5-8-20(15)26-13-4-3-6-17-11-9-16-10-12-18(25-2)14-21(16)27-17/h5,7-8,10,12,14,17H,3-4,6,9,11,13H2,1-2H3. The molecule has 1 aliphatic rings. The Kier molecular flexibility index (Phi) is 6.16. The molecule has 2 aromatic carbocycles. The van der Waals surface area contributed by atoms with Gasteiger partial charge in [-0.15, -0.1) is 0 Å². The fourth-order valence-corrected chi connectivity index (χ4v) is 3.35. The molecular formula is C21H25NO5. The van der Waals surface area contributed by atoms with Gasteiger partial charge in [0.25, 0.3) is 5.69 Å². The Labute approximate surface area is 159 Å².